The van der Waals surface area contributed by atoms with Gasteiger partial charge in [-0.05, 0) is 106 Å². The quantitative estimate of drug-likeness (QED) is 0.173. The van der Waals surface area contributed by atoms with Crippen molar-refractivity contribution in [3.63, 3.8) is 0 Å². The summed E-state index contributed by atoms with van der Waals surface area (Å²) < 4.78 is 8.43. The minimum Gasteiger partial charge on any atom is -0.481 e. The number of primary amides is 1. The van der Waals surface area contributed by atoms with Crippen molar-refractivity contribution in [2.24, 2.45) is 30.7 Å². The third-order valence-corrected chi connectivity index (χ3v) is 13.0. The molecule has 0 spiro atoms. The Morgan fingerprint density at radius 1 is 0.981 bits per heavy atom. The van der Waals surface area contributed by atoms with Gasteiger partial charge >= 0.3 is 5.69 Å². The zero-order chi connectivity index (χ0) is 38.1. The summed E-state index contributed by atoms with van der Waals surface area (Å²) in [5.74, 6) is 0.897. The largest absolute Gasteiger partial charge is 0.481 e. The van der Waals surface area contributed by atoms with Gasteiger partial charge in [-0.1, -0.05) is 41.9 Å². The number of nitrogens with one attached hydrogen (secondary N) is 1. The third-order valence-electron chi connectivity index (χ3n) is 12.6. The number of hydrogen-bond acceptors (Lipinski definition) is 8. The number of methoxy groups -OCH3 is 1. The van der Waals surface area contributed by atoms with Gasteiger partial charge in [-0.3, -0.25) is 23.6 Å². The van der Waals surface area contributed by atoms with Gasteiger partial charge in [0.25, 0.3) is 5.56 Å². The van der Waals surface area contributed by atoms with Crippen molar-refractivity contribution in [3.05, 3.63) is 96.8 Å². The SMILES string of the molecule is COc1nc(-c2cccc(-c3cccc(Nc4nc(C)cc5c4c(=O)n(C)c(=O)n5C)c3C)c2Cl)cc2c1CCN(CCC13CCC(C(N)=O)(CC1)C3)C2. The number of pyridine rings is 2. The highest BCUT2D eigenvalue weighted by molar-refractivity contribution is 6.36. The van der Waals surface area contributed by atoms with Gasteiger partial charge < -0.3 is 15.8 Å². The molecule has 11 nitrogen and oxygen atoms in total. The van der Waals surface area contributed by atoms with E-state index in [2.05, 4.69) is 21.3 Å². The summed E-state index contributed by atoms with van der Waals surface area (Å²) in [5.41, 5.74) is 13.5. The highest BCUT2D eigenvalue weighted by atomic mass is 35.5. The Morgan fingerprint density at radius 2 is 1.70 bits per heavy atom. The van der Waals surface area contributed by atoms with E-state index in [4.69, 9.17) is 27.1 Å². The van der Waals surface area contributed by atoms with E-state index in [9.17, 15) is 14.4 Å². The third kappa shape index (κ3) is 5.88. The lowest BCUT2D eigenvalue weighted by atomic mass is 9.80. The minimum atomic E-state index is -0.414. The average molecular weight is 748 g/mol. The summed E-state index contributed by atoms with van der Waals surface area (Å²) in [5, 5.41) is 4.31. The van der Waals surface area contributed by atoms with E-state index >= 15 is 0 Å². The number of rotatable bonds is 9. The van der Waals surface area contributed by atoms with Crippen LogP contribution in [0, 0.1) is 24.7 Å². The molecule has 12 heteroatoms. The molecule has 2 fully saturated rings. The maximum atomic E-state index is 13.3. The number of halogens is 1. The lowest BCUT2D eigenvalue weighted by molar-refractivity contribution is -0.127. The first kappa shape index (κ1) is 36.0. The zero-order valence-corrected chi connectivity index (χ0v) is 32.3. The van der Waals surface area contributed by atoms with Gasteiger partial charge in [-0.15, -0.1) is 0 Å². The second-order valence-corrected chi connectivity index (χ2v) is 16.1. The molecule has 3 aliphatic rings. The van der Waals surface area contributed by atoms with E-state index in [1.165, 1.54) is 17.2 Å². The molecule has 0 atom stereocenters. The topological polar surface area (TPSA) is 137 Å². The van der Waals surface area contributed by atoms with Crippen LogP contribution in [0.15, 0.2) is 58.1 Å². The maximum Gasteiger partial charge on any atom is 0.330 e. The summed E-state index contributed by atoms with van der Waals surface area (Å²) in [6, 6.07) is 15.8. The van der Waals surface area contributed by atoms with Crippen LogP contribution in [0.1, 0.15) is 60.9 Å². The Morgan fingerprint density at radius 3 is 2.43 bits per heavy atom. The number of nitrogens with two attached hydrogens (primary N) is 1. The van der Waals surface area contributed by atoms with Crippen LogP contribution in [0.3, 0.4) is 0 Å². The molecule has 3 aromatic heterocycles. The number of aromatic nitrogens is 4. The number of aryl methyl sites for hydroxylation is 2. The lowest BCUT2D eigenvalue weighted by Crippen LogP contribution is -2.37. The Balaban J connectivity index is 1.09. The number of carbonyl (C=O) groups excluding carboxylic acids is 1. The first-order valence-corrected chi connectivity index (χ1v) is 19.0. The number of carbonyl (C=O) groups is 1. The highest BCUT2D eigenvalue weighted by Gasteiger charge is 2.56. The summed E-state index contributed by atoms with van der Waals surface area (Å²) in [6.45, 7) is 6.55. The van der Waals surface area contributed by atoms with Crippen molar-refractivity contribution in [2.75, 3.05) is 25.5 Å². The van der Waals surface area contributed by atoms with E-state index in [0.29, 0.717) is 33.3 Å². The second-order valence-electron chi connectivity index (χ2n) is 15.7. The minimum absolute atomic E-state index is 0.111. The van der Waals surface area contributed by atoms with Crippen LogP contribution < -0.4 is 27.0 Å². The van der Waals surface area contributed by atoms with E-state index in [1.54, 1.807) is 20.2 Å². The highest BCUT2D eigenvalue weighted by Crippen LogP contribution is 2.63. The van der Waals surface area contributed by atoms with Crippen LogP contribution in [0.25, 0.3) is 33.3 Å². The van der Waals surface area contributed by atoms with Crippen molar-refractivity contribution >= 4 is 39.9 Å². The first-order valence-electron chi connectivity index (χ1n) is 18.7. The molecule has 5 aromatic rings. The number of amides is 1. The van der Waals surface area contributed by atoms with Crippen LogP contribution in [-0.2, 0) is 31.9 Å². The normalized spacial score (nSPS) is 20.7. The van der Waals surface area contributed by atoms with Gasteiger partial charge in [-0.2, -0.15) is 0 Å². The monoisotopic (exact) mass is 747 g/mol. The maximum absolute atomic E-state index is 13.3. The van der Waals surface area contributed by atoms with Crippen LogP contribution in [-0.4, -0.2) is 50.1 Å². The molecule has 3 N–H and O–H groups in total. The van der Waals surface area contributed by atoms with Crippen LogP contribution in [0.5, 0.6) is 5.88 Å². The van der Waals surface area contributed by atoms with E-state index < -0.39 is 11.2 Å². The fourth-order valence-electron chi connectivity index (χ4n) is 9.42. The number of ether oxygens (including phenoxy) is 1. The smallest absolute Gasteiger partial charge is 0.330 e. The van der Waals surface area contributed by atoms with Crippen molar-refractivity contribution in [3.8, 4) is 28.3 Å². The van der Waals surface area contributed by atoms with Crippen molar-refractivity contribution < 1.29 is 9.53 Å². The Labute approximate surface area is 319 Å². The molecule has 2 bridgehead atoms. The summed E-state index contributed by atoms with van der Waals surface area (Å²) in [7, 11) is 4.80. The molecular formula is C42H46ClN7O4. The molecule has 280 valence electrons. The molecule has 2 aromatic carbocycles. The second kappa shape index (κ2) is 13.4. The van der Waals surface area contributed by atoms with Gasteiger partial charge in [0.1, 0.15) is 11.2 Å². The van der Waals surface area contributed by atoms with Gasteiger partial charge in [0.2, 0.25) is 11.8 Å². The summed E-state index contributed by atoms with van der Waals surface area (Å²) in [6.07, 6.45) is 6.93. The molecule has 54 heavy (non-hydrogen) atoms. The number of hydrogen-bond donors (Lipinski definition) is 2. The van der Waals surface area contributed by atoms with E-state index in [0.717, 1.165) is 108 Å². The molecule has 1 amide bonds. The predicted octanol–water partition coefficient (Wildman–Crippen LogP) is 6.57. The number of fused-ring (bicyclic) bond motifs is 4. The fourth-order valence-corrected chi connectivity index (χ4v) is 9.75. The molecule has 2 saturated carbocycles. The number of anilines is 2. The summed E-state index contributed by atoms with van der Waals surface area (Å²) >= 11 is 7.30. The zero-order valence-electron chi connectivity index (χ0n) is 31.5. The molecule has 0 radical (unpaired) electrons. The van der Waals surface area contributed by atoms with Gasteiger partial charge in [0, 0.05) is 60.7 Å². The average Bonchev–Trinajstić information content (AvgIpc) is 3.74. The van der Waals surface area contributed by atoms with Gasteiger partial charge in [-0.25, -0.2) is 14.8 Å². The van der Waals surface area contributed by atoms with Crippen molar-refractivity contribution in [2.45, 2.75) is 65.3 Å². The summed E-state index contributed by atoms with van der Waals surface area (Å²) in [4.78, 5) is 50.4. The van der Waals surface area contributed by atoms with Crippen LogP contribution in [0.2, 0.25) is 5.02 Å². The van der Waals surface area contributed by atoms with Crippen LogP contribution >= 0.6 is 11.6 Å². The molecule has 1 aliphatic heterocycles. The van der Waals surface area contributed by atoms with E-state index in [1.807, 2.05) is 50.2 Å². The fraction of sp³-hybridized carbons (Fsp3) is 0.405. The molecular weight excluding hydrogens is 702 g/mol. The molecule has 4 heterocycles. The molecule has 0 unspecified atom stereocenters. The standard InChI is InChI=1S/C42H46ClN7O4/c1-24-20-33-34(38(51)49(4)40(53)48(33)3)36(45-24)46-31-11-7-8-27(25(31)2)29-9-6-10-30(35(29)43)32-21-26-22-50(18-12-28(26)37(47-32)54-5)19-17-41-13-15-42(23-41,16-14-41)39(44)52/h6-11,20-21H,12-19,22-23H2,1-5H3,(H2,44,52)(H,45,46). The number of nitrogens with zero attached hydrogens (tertiary/aromatic N) is 5. The Hall–Kier alpha value is -5.00. The molecule has 8 rings (SSSR count). The Kier molecular flexibility index (Phi) is 8.92. The lowest BCUT2D eigenvalue weighted by Gasteiger charge is -2.33. The molecule has 2 aliphatic carbocycles. The van der Waals surface area contributed by atoms with Gasteiger partial charge in [0.05, 0.1) is 23.3 Å². The first-order chi connectivity index (χ1) is 25.8. The van der Waals surface area contributed by atoms with E-state index in [-0.39, 0.29) is 16.7 Å². The predicted molar refractivity (Wildman–Crippen MR) is 212 cm³/mol. The van der Waals surface area contributed by atoms with Crippen molar-refractivity contribution in [1.29, 1.82) is 0 Å². The number of benzene rings is 2. The molecule has 0 saturated heterocycles. The Bertz CT molecular complexity index is 2480. The van der Waals surface area contributed by atoms with Crippen molar-refractivity contribution in [1.82, 2.24) is 24.0 Å². The van der Waals surface area contributed by atoms with Gasteiger partial charge in [0.15, 0.2) is 0 Å². The van der Waals surface area contributed by atoms with Crippen LogP contribution in [0.4, 0.5) is 11.5 Å².